The van der Waals surface area contributed by atoms with Crippen LogP contribution in [0.4, 0.5) is 0 Å². The lowest BCUT2D eigenvalue weighted by molar-refractivity contribution is -0.143. The molecule has 100 valence electrons. The maximum absolute atomic E-state index is 11.2. The van der Waals surface area contributed by atoms with Crippen LogP contribution in [-0.2, 0) is 20.8 Å². The molecule has 2 heterocycles. The van der Waals surface area contributed by atoms with Crippen LogP contribution in [0.5, 0.6) is 0 Å². The monoisotopic (exact) mass is 253 g/mol. The Hall–Kier alpha value is -1.43. The normalized spacial score (nSPS) is 19.1. The summed E-state index contributed by atoms with van der Waals surface area (Å²) in [6.45, 7) is 3.73. The van der Waals surface area contributed by atoms with Gasteiger partial charge in [-0.25, -0.2) is 0 Å². The first-order chi connectivity index (χ1) is 8.79. The van der Waals surface area contributed by atoms with E-state index >= 15 is 0 Å². The Morgan fingerprint density at radius 1 is 1.67 bits per heavy atom. The molecule has 0 radical (unpaired) electrons. The predicted octanol–water partition coefficient (Wildman–Crippen LogP) is 1.47. The van der Waals surface area contributed by atoms with Crippen molar-refractivity contribution in [3.05, 3.63) is 11.9 Å². The van der Waals surface area contributed by atoms with Gasteiger partial charge in [0.15, 0.2) is 0 Å². The Balaban J connectivity index is 1.74. The quantitative estimate of drug-likeness (QED) is 0.718. The molecule has 1 atom stereocenters. The first-order valence-electron chi connectivity index (χ1n) is 6.47. The summed E-state index contributed by atoms with van der Waals surface area (Å²) in [5.74, 6) is -0.156. The van der Waals surface area contributed by atoms with Gasteiger partial charge in [-0.1, -0.05) is 5.21 Å². The van der Waals surface area contributed by atoms with Gasteiger partial charge in [0.2, 0.25) is 0 Å². The van der Waals surface area contributed by atoms with Crippen molar-refractivity contribution in [1.29, 1.82) is 0 Å². The number of aromatic nitrogens is 3. The van der Waals surface area contributed by atoms with Crippen molar-refractivity contribution in [2.45, 2.75) is 45.3 Å². The van der Waals surface area contributed by atoms with E-state index in [1.807, 2.05) is 13.1 Å². The van der Waals surface area contributed by atoms with Gasteiger partial charge in [0.25, 0.3) is 0 Å². The number of hydrogen-bond donors (Lipinski definition) is 0. The van der Waals surface area contributed by atoms with Gasteiger partial charge in [-0.15, -0.1) is 5.10 Å². The van der Waals surface area contributed by atoms with Gasteiger partial charge < -0.3 is 9.47 Å². The minimum absolute atomic E-state index is 0.101. The Bertz CT molecular complexity index is 386. The SMILES string of the molecule is CCOC(=O)CCCn1cc(C2CCCO2)nn1. The number of rotatable bonds is 6. The Morgan fingerprint density at radius 3 is 3.28 bits per heavy atom. The molecule has 0 bridgehead atoms. The molecule has 1 fully saturated rings. The number of aryl methyl sites for hydroxylation is 1. The second-order valence-corrected chi connectivity index (χ2v) is 4.32. The summed E-state index contributed by atoms with van der Waals surface area (Å²) in [6, 6.07) is 0. The van der Waals surface area contributed by atoms with Crippen molar-refractivity contribution >= 4 is 5.97 Å². The summed E-state index contributed by atoms with van der Waals surface area (Å²) in [6.07, 6.45) is 5.24. The highest BCUT2D eigenvalue weighted by molar-refractivity contribution is 5.69. The van der Waals surface area contributed by atoms with Gasteiger partial charge in [0, 0.05) is 19.6 Å². The lowest BCUT2D eigenvalue weighted by Crippen LogP contribution is -2.06. The minimum Gasteiger partial charge on any atom is -0.466 e. The highest BCUT2D eigenvalue weighted by atomic mass is 16.5. The van der Waals surface area contributed by atoms with Crippen LogP contribution in [-0.4, -0.2) is 34.2 Å². The first-order valence-corrected chi connectivity index (χ1v) is 6.47. The second-order valence-electron chi connectivity index (χ2n) is 4.32. The van der Waals surface area contributed by atoms with Crippen molar-refractivity contribution < 1.29 is 14.3 Å². The van der Waals surface area contributed by atoms with Crippen LogP contribution in [0, 0.1) is 0 Å². The molecule has 1 aliphatic heterocycles. The van der Waals surface area contributed by atoms with Gasteiger partial charge in [0.1, 0.15) is 11.8 Å². The Labute approximate surface area is 106 Å². The molecule has 1 aromatic rings. The molecule has 0 amide bonds. The molecule has 0 spiro atoms. The van der Waals surface area contributed by atoms with E-state index in [-0.39, 0.29) is 12.1 Å². The zero-order valence-electron chi connectivity index (χ0n) is 10.7. The van der Waals surface area contributed by atoms with E-state index in [4.69, 9.17) is 9.47 Å². The summed E-state index contributed by atoms with van der Waals surface area (Å²) < 4.78 is 12.2. The predicted molar refractivity (Wildman–Crippen MR) is 63.8 cm³/mol. The molecule has 0 N–H and O–H groups in total. The van der Waals surface area contributed by atoms with Crippen LogP contribution in [0.15, 0.2) is 6.20 Å². The third-order valence-electron chi connectivity index (χ3n) is 2.89. The largest absolute Gasteiger partial charge is 0.466 e. The zero-order chi connectivity index (χ0) is 12.8. The van der Waals surface area contributed by atoms with Gasteiger partial charge in [-0.05, 0) is 26.2 Å². The Morgan fingerprint density at radius 2 is 2.56 bits per heavy atom. The summed E-state index contributed by atoms with van der Waals surface area (Å²) in [5, 5.41) is 8.14. The first kappa shape index (κ1) is 13.0. The van der Waals surface area contributed by atoms with Crippen LogP contribution < -0.4 is 0 Å². The van der Waals surface area contributed by atoms with Gasteiger partial charge in [0.05, 0.1) is 12.8 Å². The smallest absolute Gasteiger partial charge is 0.305 e. The number of ether oxygens (including phenoxy) is 2. The highest BCUT2D eigenvalue weighted by Gasteiger charge is 2.20. The van der Waals surface area contributed by atoms with Crippen molar-refractivity contribution in [1.82, 2.24) is 15.0 Å². The minimum atomic E-state index is -0.156. The molecule has 1 unspecified atom stereocenters. The van der Waals surface area contributed by atoms with E-state index in [2.05, 4.69) is 10.3 Å². The van der Waals surface area contributed by atoms with Crippen LogP contribution >= 0.6 is 0 Å². The highest BCUT2D eigenvalue weighted by Crippen LogP contribution is 2.26. The molecule has 1 aliphatic rings. The molecule has 6 heteroatoms. The molecule has 6 nitrogen and oxygen atoms in total. The fraction of sp³-hybridized carbons (Fsp3) is 0.750. The number of hydrogen-bond acceptors (Lipinski definition) is 5. The van der Waals surface area contributed by atoms with E-state index in [9.17, 15) is 4.79 Å². The van der Waals surface area contributed by atoms with Crippen LogP contribution in [0.25, 0.3) is 0 Å². The lowest BCUT2D eigenvalue weighted by Gasteiger charge is -2.03. The number of carbonyl (C=O) groups is 1. The Kier molecular flexibility index (Phi) is 4.69. The van der Waals surface area contributed by atoms with Crippen molar-refractivity contribution in [2.24, 2.45) is 0 Å². The van der Waals surface area contributed by atoms with E-state index in [1.54, 1.807) is 4.68 Å². The van der Waals surface area contributed by atoms with Crippen LogP contribution in [0.2, 0.25) is 0 Å². The van der Waals surface area contributed by atoms with Gasteiger partial charge in [-0.3, -0.25) is 9.48 Å². The molecule has 0 aliphatic carbocycles. The van der Waals surface area contributed by atoms with Crippen LogP contribution in [0.1, 0.15) is 44.4 Å². The number of carbonyl (C=O) groups excluding carboxylic acids is 1. The lowest BCUT2D eigenvalue weighted by atomic mass is 10.2. The maximum atomic E-state index is 11.2. The standard InChI is InChI=1S/C12H19N3O3/c1-2-17-12(16)6-3-7-15-9-10(13-14-15)11-5-4-8-18-11/h9,11H,2-8H2,1H3. The van der Waals surface area contributed by atoms with E-state index < -0.39 is 0 Å². The summed E-state index contributed by atoms with van der Waals surface area (Å²) in [4.78, 5) is 11.2. The molecular formula is C12H19N3O3. The van der Waals surface area contributed by atoms with Gasteiger partial charge >= 0.3 is 5.97 Å². The molecule has 1 saturated heterocycles. The van der Waals surface area contributed by atoms with E-state index in [1.165, 1.54) is 0 Å². The van der Waals surface area contributed by atoms with Crippen molar-refractivity contribution in [3.63, 3.8) is 0 Å². The van der Waals surface area contributed by atoms with Crippen molar-refractivity contribution in [3.8, 4) is 0 Å². The maximum Gasteiger partial charge on any atom is 0.305 e. The van der Waals surface area contributed by atoms with E-state index in [0.29, 0.717) is 26.0 Å². The molecule has 0 saturated carbocycles. The number of nitrogens with zero attached hydrogens (tertiary/aromatic N) is 3. The topological polar surface area (TPSA) is 66.2 Å². The average molecular weight is 253 g/mol. The zero-order valence-corrected chi connectivity index (χ0v) is 10.7. The van der Waals surface area contributed by atoms with Crippen LogP contribution in [0.3, 0.4) is 0 Å². The molecule has 2 rings (SSSR count). The number of esters is 1. The average Bonchev–Trinajstić information content (AvgIpc) is 2.99. The summed E-state index contributed by atoms with van der Waals surface area (Å²) in [7, 11) is 0. The molecule has 1 aromatic heterocycles. The van der Waals surface area contributed by atoms with E-state index in [0.717, 1.165) is 25.1 Å². The fourth-order valence-corrected chi connectivity index (χ4v) is 2.00. The third-order valence-corrected chi connectivity index (χ3v) is 2.89. The summed E-state index contributed by atoms with van der Waals surface area (Å²) in [5.41, 5.74) is 0.892. The second kappa shape index (κ2) is 6.49. The molecule has 18 heavy (non-hydrogen) atoms. The van der Waals surface area contributed by atoms with Gasteiger partial charge in [-0.2, -0.15) is 0 Å². The molecular weight excluding hydrogens is 234 g/mol. The summed E-state index contributed by atoms with van der Waals surface area (Å²) >= 11 is 0. The molecule has 0 aromatic carbocycles. The fourth-order valence-electron chi connectivity index (χ4n) is 2.00. The van der Waals surface area contributed by atoms with Crippen molar-refractivity contribution in [2.75, 3.05) is 13.2 Å². The third kappa shape index (κ3) is 3.53.